The normalized spacial score (nSPS) is 10.6. The van der Waals surface area contributed by atoms with Crippen LogP contribution in [0, 0.1) is 0 Å². The van der Waals surface area contributed by atoms with Crippen LogP contribution in [0.15, 0.2) is 0 Å². The first-order chi connectivity index (χ1) is 6.06. The number of nitrogens with two attached hydrogens (primary N) is 1. The minimum Gasteiger partial charge on any atom is -0.808 e. The Bertz CT molecular complexity index is 272. The van der Waals surface area contributed by atoms with Gasteiger partial charge in [-0.25, -0.2) is 0 Å². The summed E-state index contributed by atoms with van der Waals surface area (Å²) in [6.45, 7) is -0.150. The van der Waals surface area contributed by atoms with Crippen molar-refractivity contribution in [1.82, 2.24) is 0 Å². The van der Waals surface area contributed by atoms with Gasteiger partial charge in [-0.05, 0) is 34.6 Å². The zero-order valence-corrected chi connectivity index (χ0v) is 21.3. The summed E-state index contributed by atoms with van der Waals surface area (Å²) in [6, 6.07) is 0. The maximum atomic E-state index is 10.4. The van der Waals surface area contributed by atoms with Crippen LogP contribution in [0.4, 0.5) is 0 Å². The molecule has 0 aromatic rings. The van der Waals surface area contributed by atoms with Gasteiger partial charge in [0.25, 0.3) is 0 Å². The average Bonchev–Trinajstić information content (AvgIpc) is 1.95. The third-order valence-corrected chi connectivity index (χ3v) is 5.26. The molecule has 0 fully saturated rings. The fourth-order valence-electron chi connectivity index (χ4n) is 0.763. The molecule has 0 unspecified atom stereocenters. The zero-order chi connectivity index (χ0) is 11.6. The van der Waals surface area contributed by atoms with E-state index in [9.17, 15) is 28.7 Å². The van der Waals surface area contributed by atoms with Crippen LogP contribution in [0.25, 0.3) is 0 Å². The summed E-state index contributed by atoms with van der Waals surface area (Å²) in [6.07, 6.45) is -1.27. The quantitative estimate of drug-likeness (QED) is 0.357. The van der Waals surface area contributed by atoms with Gasteiger partial charge in [0, 0.05) is 0 Å². The largest absolute Gasteiger partial charge is 1.00 e. The molecule has 94 valence electrons. The zero-order valence-electron chi connectivity index (χ0n) is 11.5. The predicted molar refractivity (Wildman–Crippen MR) is 42.1 cm³/mol. The minimum absolute atomic E-state index is 0. The molecule has 5 N–H and O–H groups in total. The topological polar surface area (TPSA) is 204 Å². The molecule has 0 bridgehead atoms. The molecule has 15 heteroatoms. The van der Waals surface area contributed by atoms with Crippen LogP contribution in [-0.2, 0) is 9.13 Å². The molecule has 9 nitrogen and oxygen atoms in total. The molecule has 0 aliphatic carbocycles. The van der Waals surface area contributed by atoms with Gasteiger partial charge in [-0.3, -0.25) is 0 Å². The maximum absolute atomic E-state index is 10.4. The third-order valence-electron chi connectivity index (χ3n) is 1.59. The SMILES string of the molecule is NCCCC(O)(P(=O)([O-])[O-])P(=O)([O-])[O-].O.[Na+].[Na+].[Na+].[Na+]. The minimum atomic E-state index is -5.93. The van der Waals surface area contributed by atoms with Gasteiger partial charge in [0.2, 0.25) is 0 Å². The van der Waals surface area contributed by atoms with Gasteiger partial charge in [-0.1, -0.05) is 0 Å². The molecule has 0 radical (unpaired) electrons. The average molecular weight is 355 g/mol. The number of aliphatic hydroxyl groups is 1. The third kappa shape index (κ3) is 12.2. The first-order valence-electron chi connectivity index (χ1n) is 3.53. The van der Waals surface area contributed by atoms with Gasteiger partial charge >= 0.3 is 118 Å². The first-order valence-corrected chi connectivity index (χ1v) is 6.61. The molecule has 0 aliphatic heterocycles. The molecule has 0 spiro atoms. The van der Waals surface area contributed by atoms with Crippen LogP contribution >= 0.6 is 15.2 Å². The maximum Gasteiger partial charge on any atom is 1.00 e. The van der Waals surface area contributed by atoms with Crippen molar-refractivity contribution in [2.24, 2.45) is 5.73 Å². The van der Waals surface area contributed by atoms with E-state index in [2.05, 4.69) is 0 Å². The van der Waals surface area contributed by atoms with E-state index in [1.165, 1.54) is 0 Å². The molecule has 0 aliphatic rings. The Morgan fingerprint density at radius 3 is 1.37 bits per heavy atom. The van der Waals surface area contributed by atoms with Crippen molar-refractivity contribution >= 4 is 15.2 Å². The van der Waals surface area contributed by atoms with E-state index in [4.69, 9.17) is 10.8 Å². The second kappa shape index (κ2) is 15.7. The van der Waals surface area contributed by atoms with Crippen LogP contribution in [0.2, 0.25) is 0 Å². The number of hydrogen-bond acceptors (Lipinski definition) is 8. The summed E-state index contributed by atoms with van der Waals surface area (Å²) in [4.78, 5) is 41.7. The Kier molecular flexibility index (Phi) is 31.9. The fraction of sp³-hybridized carbons (Fsp3) is 1.00. The van der Waals surface area contributed by atoms with E-state index in [1.807, 2.05) is 0 Å². The first kappa shape index (κ1) is 38.6. The van der Waals surface area contributed by atoms with Gasteiger partial charge in [0.15, 0.2) is 0 Å². The summed E-state index contributed by atoms with van der Waals surface area (Å²) in [7, 11) is -11.9. The van der Waals surface area contributed by atoms with Crippen molar-refractivity contribution in [2.75, 3.05) is 6.54 Å². The molecule has 0 heterocycles. The second-order valence-electron chi connectivity index (χ2n) is 2.66. The van der Waals surface area contributed by atoms with Crippen LogP contribution < -0.4 is 144 Å². The molecule has 0 saturated carbocycles. The van der Waals surface area contributed by atoms with E-state index in [-0.39, 0.29) is 137 Å². The van der Waals surface area contributed by atoms with Gasteiger partial charge in [-0.15, -0.1) is 0 Å². The molecular formula is C4H11NNa4O8P2. The Labute approximate surface area is 199 Å². The van der Waals surface area contributed by atoms with Crippen LogP contribution in [0.1, 0.15) is 12.8 Å². The molecular weight excluding hydrogens is 344 g/mol. The Morgan fingerprint density at radius 2 is 1.21 bits per heavy atom. The van der Waals surface area contributed by atoms with Crippen molar-refractivity contribution in [3.8, 4) is 0 Å². The summed E-state index contributed by atoms with van der Waals surface area (Å²) in [5.41, 5.74) is 4.92. The van der Waals surface area contributed by atoms with E-state index in [0.717, 1.165) is 0 Å². The van der Waals surface area contributed by atoms with Gasteiger partial charge in [-0.2, -0.15) is 0 Å². The molecule has 0 rings (SSSR count). The standard InChI is InChI=1S/C4H13NO7P2.4Na.H2O/c5-3-1-2-4(6,13(7,8)9)14(10,11)12;;;;;/h6H,1-3,5H2,(H2,7,8,9)(H2,10,11,12);;;;;1H2/q;4*+1;/p-4. The number of hydrogen-bond donors (Lipinski definition) is 2. The molecule has 19 heavy (non-hydrogen) atoms. The summed E-state index contributed by atoms with van der Waals surface area (Å²) in [5, 5.41) is 5.22. The van der Waals surface area contributed by atoms with Crippen LogP contribution in [-0.4, -0.2) is 22.2 Å². The Balaban J connectivity index is -0.0000000845. The van der Waals surface area contributed by atoms with Crippen LogP contribution in [0.3, 0.4) is 0 Å². The summed E-state index contributed by atoms with van der Waals surface area (Å²) >= 11 is 0. The van der Waals surface area contributed by atoms with Crippen LogP contribution in [0.5, 0.6) is 0 Å². The molecule has 0 atom stereocenters. The van der Waals surface area contributed by atoms with E-state index in [0.29, 0.717) is 0 Å². The van der Waals surface area contributed by atoms with E-state index >= 15 is 0 Å². The van der Waals surface area contributed by atoms with E-state index < -0.39 is 26.7 Å². The monoisotopic (exact) mass is 355 g/mol. The van der Waals surface area contributed by atoms with Crippen molar-refractivity contribution in [3.63, 3.8) is 0 Å². The van der Waals surface area contributed by atoms with Crippen molar-refractivity contribution in [1.29, 1.82) is 0 Å². The molecule has 0 aromatic carbocycles. The van der Waals surface area contributed by atoms with Gasteiger partial charge in [0.05, 0.1) is 0 Å². The molecule has 0 saturated heterocycles. The summed E-state index contributed by atoms with van der Waals surface area (Å²) < 4.78 is 20.8. The number of rotatable bonds is 5. The van der Waals surface area contributed by atoms with E-state index in [1.54, 1.807) is 0 Å². The molecule has 0 amide bonds. The summed E-state index contributed by atoms with van der Waals surface area (Å²) in [5.74, 6) is 0. The van der Waals surface area contributed by atoms with Crippen molar-refractivity contribution in [3.05, 3.63) is 0 Å². The second-order valence-corrected chi connectivity index (χ2v) is 6.48. The van der Waals surface area contributed by atoms with Gasteiger partial charge < -0.3 is 45.0 Å². The molecule has 0 aromatic heterocycles. The Hall–Kier alpha value is 4.18. The van der Waals surface area contributed by atoms with Gasteiger partial charge in [0.1, 0.15) is 5.08 Å². The smallest absolute Gasteiger partial charge is 0.808 e. The fourth-order valence-corrected chi connectivity index (χ4v) is 2.83. The Morgan fingerprint density at radius 1 is 0.947 bits per heavy atom. The predicted octanol–water partition coefficient (Wildman–Crippen LogP) is -16.6. The van der Waals surface area contributed by atoms with Crippen molar-refractivity contribution in [2.45, 2.75) is 17.9 Å². The van der Waals surface area contributed by atoms with Crippen molar-refractivity contribution < 1.29 is 158 Å².